The Balaban J connectivity index is 2.35. The van der Waals surface area contributed by atoms with Crippen LogP contribution in [0.3, 0.4) is 0 Å². The number of aryl methyl sites for hydroxylation is 1. The number of nitrogens with two attached hydrogens (primary N) is 1. The van der Waals surface area contributed by atoms with E-state index in [1.807, 2.05) is 30.3 Å². The van der Waals surface area contributed by atoms with Gasteiger partial charge in [-0.15, -0.1) is 0 Å². The van der Waals surface area contributed by atoms with Crippen LogP contribution in [0.2, 0.25) is 0 Å². The molecule has 1 rings (SSSR count). The lowest BCUT2D eigenvalue weighted by atomic mass is 10.1. The molecule has 0 saturated carbocycles. The number of rotatable bonds is 4. The van der Waals surface area contributed by atoms with E-state index in [1.165, 1.54) is 5.56 Å². The van der Waals surface area contributed by atoms with Crippen molar-refractivity contribution in [2.24, 2.45) is 5.73 Å². The fourth-order valence-corrected chi connectivity index (χ4v) is 1.43. The van der Waals surface area contributed by atoms with Crippen LogP contribution in [0.25, 0.3) is 0 Å². The second-order valence-corrected chi connectivity index (χ2v) is 4.22. The van der Waals surface area contributed by atoms with Crippen molar-refractivity contribution in [2.75, 3.05) is 0 Å². The van der Waals surface area contributed by atoms with Gasteiger partial charge < -0.3 is 15.5 Å². The molecule has 0 radical (unpaired) electrons. The van der Waals surface area contributed by atoms with E-state index in [2.05, 4.69) is 0 Å². The number of hydrogen-bond acceptors (Lipinski definition) is 3. The van der Waals surface area contributed by atoms with Gasteiger partial charge in [-0.1, -0.05) is 30.3 Å². The quantitative estimate of drug-likeness (QED) is 0.638. The van der Waals surface area contributed by atoms with E-state index in [0.717, 1.165) is 6.42 Å². The summed E-state index contributed by atoms with van der Waals surface area (Å²) in [5.74, 6) is -0.491. The molecular formula is C9H14NO2P. The van der Waals surface area contributed by atoms with Crippen LogP contribution < -0.4 is 5.73 Å². The molecule has 3 nitrogen and oxygen atoms in total. The fraction of sp³-hybridized carbons (Fsp3) is 0.333. The van der Waals surface area contributed by atoms with E-state index < -0.39 is 14.2 Å². The van der Waals surface area contributed by atoms with E-state index in [0.29, 0.717) is 6.42 Å². The molecule has 0 amide bonds. The summed E-state index contributed by atoms with van der Waals surface area (Å²) in [5, 5.41) is 0. The molecule has 72 valence electrons. The van der Waals surface area contributed by atoms with Gasteiger partial charge in [-0.05, 0) is 18.4 Å². The lowest BCUT2D eigenvalue weighted by molar-refractivity contribution is 0.460. The highest BCUT2D eigenvalue weighted by Crippen LogP contribution is 2.29. The van der Waals surface area contributed by atoms with Crippen LogP contribution in [0.5, 0.6) is 0 Å². The molecule has 0 aliphatic heterocycles. The summed E-state index contributed by atoms with van der Waals surface area (Å²) in [6.07, 6.45) is 1.41. The Labute approximate surface area is 79.1 Å². The van der Waals surface area contributed by atoms with Gasteiger partial charge in [0, 0.05) is 0 Å². The zero-order chi connectivity index (χ0) is 9.68. The first kappa shape index (κ1) is 10.6. The first-order valence-corrected chi connectivity index (χ1v) is 5.48. The first-order valence-electron chi connectivity index (χ1n) is 4.16. The predicted octanol–water partition coefficient (Wildman–Crippen LogP) is 1.20. The normalized spacial score (nSPS) is 13.2. The third-order valence-electron chi connectivity index (χ3n) is 1.87. The van der Waals surface area contributed by atoms with Gasteiger partial charge in [0.2, 0.25) is 0 Å². The van der Waals surface area contributed by atoms with Gasteiger partial charge >= 0.3 is 0 Å². The van der Waals surface area contributed by atoms with Crippen molar-refractivity contribution in [1.29, 1.82) is 0 Å². The standard InChI is InChI=1S/C9H14NO2P/c10-9(13(11)12)7-6-8-4-2-1-3-5-8/h1-5,9,11-12H,6-7,10H2. The van der Waals surface area contributed by atoms with Crippen molar-refractivity contribution in [3.63, 3.8) is 0 Å². The molecule has 0 aliphatic rings. The van der Waals surface area contributed by atoms with E-state index >= 15 is 0 Å². The summed E-state index contributed by atoms with van der Waals surface area (Å²) >= 11 is 0. The fourth-order valence-electron chi connectivity index (χ4n) is 1.07. The van der Waals surface area contributed by atoms with Crippen LogP contribution in [0.4, 0.5) is 0 Å². The maximum absolute atomic E-state index is 8.79. The van der Waals surface area contributed by atoms with Crippen molar-refractivity contribution in [2.45, 2.75) is 18.6 Å². The number of hydrogen-bond donors (Lipinski definition) is 3. The predicted molar refractivity (Wildman–Crippen MR) is 54.1 cm³/mol. The van der Waals surface area contributed by atoms with Gasteiger partial charge in [-0.25, -0.2) is 0 Å². The van der Waals surface area contributed by atoms with E-state index in [9.17, 15) is 0 Å². The minimum absolute atomic E-state index is 0.491. The van der Waals surface area contributed by atoms with Crippen LogP contribution in [0.15, 0.2) is 30.3 Å². The molecule has 1 aromatic carbocycles. The highest BCUT2D eigenvalue weighted by atomic mass is 31.2. The van der Waals surface area contributed by atoms with Crippen molar-refractivity contribution in [1.82, 2.24) is 0 Å². The molecule has 1 aromatic rings. The summed E-state index contributed by atoms with van der Waals surface area (Å²) in [6.45, 7) is 0. The van der Waals surface area contributed by atoms with Crippen molar-refractivity contribution < 1.29 is 9.79 Å². The van der Waals surface area contributed by atoms with E-state index in [4.69, 9.17) is 15.5 Å². The van der Waals surface area contributed by atoms with Gasteiger partial charge in [0.15, 0.2) is 8.38 Å². The smallest absolute Gasteiger partial charge is 0.183 e. The first-order chi connectivity index (χ1) is 6.20. The molecule has 0 heterocycles. The third-order valence-corrected chi connectivity index (χ3v) is 2.72. The molecule has 0 aliphatic carbocycles. The average Bonchev–Trinajstić information content (AvgIpc) is 2.15. The largest absolute Gasteiger partial charge is 0.349 e. The van der Waals surface area contributed by atoms with Crippen LogP contribution in [0.1, 0.15) is 12.0 Å². The monoisotopic (exact) mass is 199 g/mol. The van der Waals surface area contributed by atoms with Gasteiger partial charge in [-0.2, -0.15) is 0 Å². The zero-order valence-corrected chi connectivity index (χ0v) is 8.19. The Morgan fingerprint density at radius 1 is 1.23 bits per heavy atom. The highest BCUT2D eigenvalue weighted by molar-refractivity contribution is 7.45. The maximum Gasteiger partial charge on any atom is 0.183 e. The Kier molecular flexibility index (Phi) is 4.33. The second-order valence-electron chi connectivity index (χ2n) is 2.91. The van der Waals surface area contributed by atoms with E-state index in [1.54, 1.807) is 0 Å². The Bertz CT molecular complexity index is 241. The molecule has 1 atom stereocenters. The van der Waals surface area contributed by atoms with Crippen molar-refractivity contribution in [3.8, 4) is 0 Å². The second kappa shape index (κ2) is 5.30. The topological polar surface area (TPSA) is 66.5 Å². The molecule has 13 heavy (non-hydrogen) atoms. The van der Waals surface area contributed by atoms with Gasteiger partial charge in [0.25, 0.3) is 0 Å². The van der Waals surface area contributed by atoms with E-state index in [-0.39, 0.29) is 0 Å². The minimum atomic E-state index is -1.98. The maximum atomic E-state index is 8.79. The van der Waals surface area contributed by atoms with Gasteiger partial charge in [0.05, 0.1) is 5.78 Å². The summed E-state index contributed by atoms with van der Waals surface area (Å²) in [6, 6.07) is 9.88. The summed E-state index contributed by atoms with van der Waals surface area (Å²) < 4.78 is 0. The average molecular weight is 199 g/mol. The van der Waals surface area contributed by atoms with Crippen LogP contribution in [0, 0.1) is 0 Å². The Hall–Kier alpha value is -0.470. The van der Waals surface area contributed by atoms with Gasteiger partial charge in [-0.3, -0.25) is 0 Å². The Morgan fingerprint density at radius 3 is 2.38 bits per heavy atom. The lowest BCUT2D eigenvalue weighted by Gasteiger charge is -2.11. The molecule has 4 heteroatoms. The molecule has 0 aromatic heterocycles. The molecule has 1 unspecified atom stereocenters. The lowest BCUT2D eigenvalue weighted by Crippen LogP contribution is -2.18. The minimum Gasteiger partial charge on any atom is -0.349 e. The molecule has 0 bridgehead atoms. The van der Waals surface area contributed by atoms with Crippen LogP contribution >= 0.6 is 8.38 Å². The van der Waals surface area contributed by atoms with Crippen molar-refractivity contribution >= 4 is 8.38 Å². The molecule has 0 saturated heterocycles. The number of benzene rings is 1. The molecule has 0 fully saturated rings. The molecular weight excluding hydrogens is 185 g/mol. The highest BCUT2D eigenvalue weighted by Gasteiger charge is 2.11. The van der Waals surface area contributed by atoms with Crippen molar-refractivity contribution in [3.05, 3.63) is 35.9 Å². The van der Waals surface area contributed by atoms with Crippen LogP contribution in [-0.2, 0) is 6.42 Å². The summed E-state index contributed by atoms with van der Waals surface area (Å²) in [4.78, 5) is 17.6. The van der Waals surface area contributed by atoms with Crippen LogP contribution in [-0.4, -0.2) is 15.6 Å². The van der Waals surface area contributed by atoms with Gasteiger partial charge in [0.1, 0.15) is 0 Å². The Morgan fingerprint density at radius 2 is 1.85 bits per heavy atom. The SMILES string of the molecule is NC(CCc1ccccc1)P(O)O. The zero-order valence-electron chi connectivity index (χ0n) is 7.30. The third kappa shape index (κ3) is 3.83. The summed E-state index contributed by atoms with van der Waals surface area (Å²) in [5.41, 5.74) is 6.67. The molecule has 4 N–H and O–H groups in total. The molecule has 0 spiro atoms. The summed E-state index contributed by atoms with van der Waals surface area (Å²) in [7, 11) is -1.98.